The largest absolute Gasteiger partial charge is 0.336 e. The van der Waals surface area contributed by atoms with Gasteiger partial charge in [0.2, 0.25) is 10.0 Å². The molecule has 0 aliphatic heterocycles. The summed E-state index contributed by atoms with van der Waals surface area (Å²) < 4.78 is 31.2. The summed E-state index contributed by atoms with van der Waals surface area (Å²) in [6.07, 6.45) is 4.90. The van der Waals surface area contributed by atoms with Crippen molar-refractivity contribution in [1.82, 2.24) is 9.13 Å². The van der Waals surface area contributed by atoms with Gasteiger partial charge in [-0.25, -0.2) is 8.42 Å². The molecule has 2 aromatic heterocycles. The highest BCUT2D eigenvalue weighted by Crippen LogP contribution is 2.43. The summed E-state index contributed by atoms with van der Waals surface area (Å²) in [7, 11) is -3.43. The highest BCUT2D eigenvalue weighted by atomic mass is 32.2. The van der Waals surface area contributed by atoms with Crippen molar-refractivity contribution in [2.24, 2.45) is 5.92 Å². The predicted octanol–water partition coefficient (Wildman–Crippen LogP) is 5.45. The molecule has 0 radical (unpaired) electrons. The van der Waals surface area contributed by atoms with E-state index in [9.17, 15) is 18.5 Å². The second-order valence-electron chi connectivity index (χ2n) is 9.76. The van der Waals surface area contributed by atoms with Crippen LogP contribution in [-0.2, 0) is 10.0 Å². The maximum absolute atomic E-state index is 12.4. The molecule has 0 amide bonds. The van der Waals surface area contributed by atoms with Gasteiger partial charge in [0.25, 0.3) is 5.56 Å². The highest BCUT2D eigenvalue weighted by Gasteiger charge is 2.28. The number of hydrogen-bond donors (Lipinski definition) is 1. The molecule has 4 aromatic rings. The van der Waals surface area contributed by atoms with Gasteiger partial charge in [-0.3, -0.25) is 14.1 Å². The number of nitrogens with one attached hydrogen (secondary N) is 1. The van der Waals surface area contributed by atoms with Crippen LogP contribution in [0.25, 0.3) is 27.8 Å². The van der Waals surface area contributed by atoms with Crippen LogP contribution in [0.1, 0.15) is 44.7 Å². The lowest BCUT2D eigenvalue weighted by atomic mass is 9.92. The molecule has 1 aliphatic rings. The van der Waals surface area contributed by atoms with Gasteiger partial charge in [-0.15, -0.1) is 0 Å². The molecule has 1 aliphatic carbocycles. The first-order valence-electron chi connectivity index (χ1n) is 12.1. The molecule has 0 spiro atoms. The first-order chi connectivity index (χ1) is 17.3. The molecular formula is C28H28N4O3S. The minimum absolute atomic E-state index is 0.0229. The van der Waals surface area contributed by atoms with E-state index in [0.29, 0.717) is 11.3 Å². The first kappa shape index (κ1) is 23.9. The number of rotatable bonds is 7. The molecule has 2 heterocycles. The number of nitrogens with zero attached hydrogens (tertiary/aromatic N) is 3. The zero-order valence-electron chi connectivity index (χ0n) is 20.3. The second-order valence-corrected chi connectivity index (χ2v) is 11.5. The fourth-order valence-corrected chi connectivity index (χ4v) is 6.32. The Morgan fingerprint density at radius 1 is 1.08 bits per heavy atom. The molecular weight excluding hydrogens is 472 g/mol. The topological polar surface area (TPSA) is 96.9 Å². The number of fused-ring (bicyclic) bond motifs is 1. The molecule has 0 bridgehead atoms. The van der Waals surface area contributed by atoms with Crippen molar-refractivity contribution in [3.8, 4) is 23.0 Å². The smallest absolute Gasteiger partial charge is 0.255 e. The van der Waals surface area contributed by atoms with Gasteiger partial charge < -0.3 is 4.57 Å². The standard InChI is InChI=1S/C28H28N4O3S/c1-19(2)18-36(34,35)30-21-11-9-20(10-12-21)28-25(17-29)24-14-13-23(31-15-4-3-8-27(31)33)16-26(24)32(28)22-6-5-7-22/h3-4,8-16,19,22,30H,5-7,18H2,1-2H3. The van der Waals surface area contributed by atoms with E-state index in [-0.39, 0.29) is 23.3 Å². The van der Waals surface area contributed by atoms with Crippen molar-refractivity contribution in [2.45, 2.75) is 39.2 Å². The highest BCUT2D eigenvalue weighted by molar-refractivity contribution is 7.92. The van der Waals surface area contributed by atoms with Crippen LogP contribution >= 0.6 is 0 Å². The van der Waals surface area contributed by atoms with E-state index >= 15 is 0 Å². The number of sulfonamides is 1. The summed E-state index contributed by atoms with van der Waals surface area (Å²) in [4.78, 5) is 12.4. The molecule has 8 heteroatoms. The Morgan fingerprint density at radius 3 is 2.44 bits per heavy atom. The summed E-state index contributed by atoms with van der Waals surface area (Å²) in [5.74, 6) is 0.0746. The minimum atomic E-state index is -3.43. The van der Waals surface area contributed by atoms with Gasteiger partial charge in [0, 0.05) is 29.4 Å². The van der Waals surface area contributed by atoms with E-state index in [0.717, 1.165) is 47.1 Å². The summed E-state index contributed by atoms with van der Waals surface area (Å²) in [6, 6.07) is 20.7. The van der Waals surface area contributed by atoms with Crippen LogP contribution in [0.15, 0.2) is 71.7 Å². The second kappa shape index (κ2) is 9.32. The third kappa shape index (κ3) is 4.42. The minimum Gasteiger partial charge on any atom is -0.336 e. The van der Waals surface area contributed by atoms with Crippen LogP contribution < -0.4 is 10.3 Å². The van der Waals surface area contributed by atoms with Crippen LogP contribution in [-0.4, -0.2) is 23.3 Å². The lowest BCUT2D eigenvalue weighted by Crippen LogP contribution is -2.20. The molecule has 5 rings (SSSR count). The normalized spacial score (nSPS) is 14.1. The molecule has 1 fully saturated rings. The summed E-state index contributed by atoms with van der Waals surface area (Å²) in [5.41, 5.74) is 4.30. The first-order valence-corrected chi connectivity index (χ1v) is 13.8. The number of benzene rings is 2. The van der Waals surface area contributed by atoms with Gasteiger partial charge >= 0.3 is 0 Å². The average molecular weight is 501 g/mol. The van der Waals surface area contributed by atoms with Crippen molar-refractivity contribution in [3.05, 3.63) is 82.8 Å². The van der Waals surface area contributed by atoms with Gasteiger partial charge in [-0.1, -0.05) is 32.0 Å². The van der Waals surface area contributed by atoms with Gasteiger partial charge in [-0.2, -0.15) is 5.26 Å². The Balaban J connectivity index is 1.63. The Labute approximate surface area is 210 Å². The monoisotopic (exact) mass is 500 g/mol. The molecule has 7 nitrogen and oxygen atoms in total. The van der Waals surface area contributed by atoms with E-state index in [2.05, 4.69) is 15.4 Å². The zero-order valence-corrected chi connectivity index (χ0v) is 21.1. The van der Waals surface area contributed by atoms with Gasteiger partial charge in [0.1, 0.15) is 6.07 Å². The summed E-state index contributed by atoms with van der Waals surface area (Å²) in [6.45, 7) is 3.73. The fraction of sp³-hybridized carbons (Fsp3) is 0.286. The molecule has 0 unspecified atom stereocenters. The fourth-order valence-electron chi connectivity index (χ4n) is 4.87. The summed E-state index contributed by atoms with van der Waals surface area (Å²) >= 11 is 0. The average Bonchev–Trinajstić information content (AvgIpc) is 3.11. The zero-order chi connectivity index (χ0) is 25.4. The Morgan fingerprint density at radius 2 is 1.83 bits per heavy atom. The van der Waals surface area contributed by atoms with Crippen LogP contribution in [0.2, 0.25) is 0 Å². The number of pyridine rings is 1. The predicted molar refractivity (Wildman–Crippen MR) is 143 cm³/mol. The van der Waals surface area contributed by atoms with E-state index in [1.807, 2.05) is 50.2 Å². The lowest BCUT2D eigenvalue weighted by Gasteiger charge is -2.30. The number of aromatic nitrogens is 2. The van der Waals surface area contributed by atoms with Gasteiger partial charge in [-0.05, 0) is 67.1 Å². The van der Waals surface area contributed by atoms with Crippen molar-refractivity contribution in [3.63, 3.8) is 0 Å². The van der Waals surface area contributed by atoms with Crippen molar-refractivity contribution >= 4 is 26.6 Å². The quantitative estimate of drug-likeness (QED) is 0.365. The van der Waals surface area contributed by atoms with Crippen LogP contribution in [0.5, 0.6) is 0 Å². The maximum atomic E-state index is 12.4. The molecule has 1 N–H and O–H groups in total. The van der Waals surface area contributed by atoms with E-state index in [4.69, 9.17) is 0 Å². The van der Waals surface area contributed by atoms with Crippen molar-refractivity contribution in [1.29, 1.82) is 5.26 Å². The molecule has 36 heavy (non-hydrogen) atoms. The van der Waals surface area contributed by atoms with E-state index < -0.39 is 10.0 Å². The third-order valence-corrected chi connectivity index (χ3v) is 8.28. The van der Waals surface area contributed by atoms with Gasteiger partial charge in [0.05, 0.1) is 28.2 Å². The van der Waals surface area contributed by atoms with Crippen LogP contribution in [0, 0.1) is 17.2 Å². The molecule has 1 saturated carbocycles. The molecule has 184 valence electrons. The number of anilines is 1. The van der Waals surface area contributed by atoms with E-state index in [1.165, 1.54) is 6.07 Å². The van der Waals surface area contributed by atoms with E-state index in [1.54, 1.807) is 29.0 Å². The van der Waals surface area contributed by atoms with Crippen molar-refractivity contribution < 1.29 is 8.42 Å². The molecule has 2 aromatic carbocycles. The number of nitriles is 1. The third-order valence-electron chi connectivity index (χ3n) is 6.62. The maximum Gasteiger partial charge on any atom is 0.255 e. The Bertz CT molecular complexity index is 1640. The van der Waals surface area contributed by atoms with Crippen molar-refractivity contribution in [2.75, 3.05) is 10.5 Å². The van der Waals surface area contributed by atoms with Crippen LogP contribution in [0.4, 0.5) is 5.69 Å². The molecule has 0 atom stereocenters. The lowest BCUT2D eigenvalue weighted by molar-refractivity contribution is 0.324. The number of hydrogen-bond acceptors (Lipinski definition) is 4. The SMILES string of the molecule is CC(C)CS(=O)(=O)Nc1ccc(-c2c(C#N)c3ccc(-n4ccccc4=O)cc3n2C2CCC2)cc1. The molecule has 0 saturated heterocycles. The van der Waals surface area contributed by atoms with Gasteiger partial charge in [0.15, 0.2) is 0 Å². The van der Waals surface area contributed by atoms with Crippen LogP contribution in [0.3, 0.4) is 0 Å². The summed E-state index contributed by atoms with van der Waals surface area (Å²) in [5, 5.41) is 11.0. The Hall–Kier alpha value is -3.83. The Kier molecular flexibility index (Phi) is 6.19.